The summed E-state index contributed by atoms with van der Waals surface area (Å²) in [5.41, 5.74) is 0.882. The number of piperidine rings is 1. The maximum atomic E-state index is 14.3. The number of hydrogen-bond acceptors (Lipinski definition) is 6. The SMILES string of the molecule is CS(=O)(=O)N1CCC(Nc2ncc3cccc(C4CC5(CNCC5(F)F)C4)c3n2)CC1. The van der Waals surface area contributed by atoms with Crippen molar-refractivity contribution in [2.24, 2.45) is 5.41 Å². The Morgan fingerprint density at radius 2 is 1.94 bits per heavy atom. The Bertz CT molecular complexity index is 1100. The molecule has 0 unspecified atom stereocenters. The second kappa shape index (κ2) is 7.31. The molecule has 168 valence electrons. The van der Waals surface area contributed by atoms with Gasteiger partial charge in [-0.05, 0) is 37.2 Å². The maximum Gasteiger partial charge on any atom is 0.267 e. The van der Waals surface area contributed by atoms with Gasteiger partial charge in [-0.25, -0.2) is 31.5 Å². The molecule has 2 saturated heterocycles. The van der Waals surface area contributed by atoms with Crippen LogP contribution in [0, 0.1) is 5.41 Å². The molecule has 2 aromatic rings. The largest absolute Gasteiger partial charge is 0.351 e. The van der Waals surface area contributed by atoms with Gasteiger partial charge >= 0.3 is 0 Å². The number of para-hydroxylation sites is 1. The number of hydrogen-bond donors (Lipinski definition) is 2. The first-order chi connectivity index (χ1) is 14.7. The summed E-state index contributed by atoms with van der Waals surface area (Å²) < 4.78 is 53.6. The molecule has 3 fully saturated rings. The van der Waals surface area contributed by atoms with E-state index in [0.717, 1.165) is 16.5 Å². The van der Waals surface area contributed by atoms with E-state index >= 15 is 0 Å². The predicted molar refractivity (Wildman–Crippen MR) is 115 cm³/mol. The lowest BCUT2D eigenvalue weighted by Gasteiger charge is -2.48. The maximum absolute atomic E-state index is 14.3. The molecule has 0 amide bonds. The van der Waals surface area contributed by atoms with E-state index in [1.54, 1.807) is 6.20 Å². The van der Waals surface area contributed by atoms with Crippen molar-refractivity contribution >= 4 is 26.9 Å². The lowest BCUT2D eigenvalue weighted by molar-refractivity contribution is -0.130. The number of fused-ring (bicyclic) bond motifs is 1. The summed E-state index contributed by atoms with van der Waals surface area (Å²) in [7, 11) is -3.16. The van der Waals surface area contributed by atoms with Gasteiger partial charge in [0.1, 0.15) is 0 Å². The zero-order valence-electron chi connectivity index (χ0n) is 17.4. The summed E-state index contributed by atoms with van der Waals surface area (Å²) in [6, 6.07) is 5.96. The molecule has 0 radical (unpaired) electrons. The van der Waals surface area contributed by atoms with Gasteiger partial charge in [-0.3, -0.25) is 0 Å². The molecule has 0 atom stereocenters. The minimum Gasteiger partial charge on any atom is -0.351 e. The monoisotopic (exact) mass is 451 g/mol. The number of sulfonamides is 1. The highest BCUT2D eigenvalue weighted by atomic mass is 32.2. The Hall–Kier alpha value is -1.91. The van der Waals surface area contributed by atoms with E-state index in [1.807, 2.05) is 18.2 Å². The molecule has 5 rings (SSSR count). The minimum absolute atomic E-state index is 0.0650. The third-order valence-corrected chi connectivity index (χ3v) is 8.50. The number of benzene rings is 1. The number of nitrogens with zero attached hydrogens (tertiary/aromatic N) is 3. The number of nitrogens with one attached hydrogen (secondary N) is 2. The van der Waals surface area contributed by atoms with Crippen LogP contribution in [-0.4, -0.2) is 67.1 Å². The van der Waals surface area contributed by atoms with Gasteiger partial charge in [0.05, 0.1) is 18.3 Å². The van der Waals surface area contributed by atoms with Gasteiger partial charge in [0, 0.05) is 42.7 Å². The quantitative estimate of drug-likeness (QED) is 0.743. The number of rotatable bonds is 4. The molecule has 3 aliphatic rings. The van der Waals surface area contributed by atoms with Crippen LogP contribution in [0.15, 0.2) is 24.4 Å². The summed E-state index contributed by atoms with van der Waals surface area (Å²) in [5.74, 6) is -2.09. The Balaban J connectivity index is 1.33. The predicted octanol–water partition coefficient (Wildman–Crippen LogP) is 2.57. The summed E-state index contributed by atoms with van der Waals surface area (Å²) in [6.45, 7) is 1.09. The van der Waals surface area contributed by atoms with Crippen molar-refractivity contribution < 1.29 is 17.2 Å². The second-order valence-electron chi connectivity index (χ2n) is 9.25. The average Bonchev–Trinajstić information content (AvgIpc) is 3.01. The first-order valence-electron chi connectivity index (χ1n) is 10.7. The molecule has 1 aliphatic carbocycles. The molecular formula is C21H27F2N5O2S. The lowest BCUT2D eigenvalue weighted by atomic mass is 9.58. The van der Waals surface area contributed by atoms with E-state index in [9.17, 15) is 17.2 Å². The average molecular weight is 452 g/mol. The number of alkyl halides is 2. The molecule has 0 bridgehead atoms. The van der Waals surface area contributed by atoms with Crippen molar-refractivity contribution in [2.45, 2.75) is 43.6 Å². The second-order valence-corrected chi connectivity index (χ2v) is 11.2. The molecular weight excluding hydrogens is 424 g/mol. The minimum atomic E-state index is -3.16. The summed E-state index contributed by atoms with van der Waals surface area (Å²) in [5, 5.41) is 7.09. The fraction of sp³-hybridized carbons (Fsp3) is 0.619. The van der Waals surface area contributed by atoms with Gasteiger partial charge in [0.15, 0.2) is 0 Å². The van der Waals surface area contributed by atoms with Gasteiger partial charge in [0.25, 0.3) is 5.92 Å². The van der Waals surface area contributed by atoms with Gasteiger partial charge in [0.2, 0.25) is 16.0 Å². The van der Waals surface area contributed by atoms with Crippen molar-refractivity contribution in [1.29, 1.82) is 0 Å². The highest BCUT2D eigenvalue weighted by Crippen LogP contribution is 2.60. The van der Waals surface area contributed by atoms with E-state index in [-0.39, 0.29) is 18.5 Å². The third kappa shape index (κ3) is 3.68. The molecule has 1 saturated carbocycles. The molecule has 1 aromatic heterocycles. The highest BCUT2D eigenvalue weighted by Gasteiger charge is 2.63. The van der Waals surface area contributed by atoms with Crippen LogP contribution in [0.5, 0.6) is 0 Å². The highest BCUT2D eigenvalue weighted by molar-refractivity contribution is 7.88. The fourth-order valence-electron chi connectivity index (χ4n) is 5.31. The molecule has 7 nitrogen and oxygen atoms in total. The normalized spacial score (nSPS) is 29.3. The lowest BCUT2D eigenvalue weighted by Crippen LogP contribution is -2.49. The molecule has 31 heavy (non-hydrogen) atoms. The van der Waals surface area contributed by atoms with Crippen molar-refractivity contribution in [3.05, 3.63) is 30.0 Å². The van der Waals surface area contributed by atoms with Crippen molar-refractivity contribution in [2.75, 3.05) is 37.8 Å². The van der Waals surface area contributed by atoms with Crippen LogP contribution in [0.3, 0.4) is 0 Å². The number of aromatic nitrogens is 2. The van der Waals surface area contributed by atoms with Gasteiger partial charge in [-0.15, -0.1) is 0 Å². The topological polar surface area (TPSA) is 87.2 Å². The summed E-state index contributed by atoms with van der Waals surface area (Å²) in [4.78, 5) is 9.16. The van der Waals surface area contributed by atoms with Gasteiger partial charge < -0.3 is 10.6 Å². The van der Waals surface area contributed by atoms with Gasteiger partial charge in [-0.2, -0.15) is 0 Å². The van der Waals surface area contributed by atoms with E-state index in [1.165, 1.54) is 10.6 Å². The Morgan fingerprint density at radius 1 is 1.19 bits per heavy atom. The van der Waals surface area contributed by atoms with Crippen LogP contribution in [0.4, 0.5) is 14.7 Å². The van der Waals surface area contributed by atoms with E-state index in [4.69, 9.17) is 4.98 Å². The fourth-order valence-corrected chi connectivity index (χ4v) is 6.19. The number of halogens is 2. The van der Waals surface area contributed by atoms with Crippen LogP contribution >= 0.6 is 0 Å². The van der Waals surface area contributed by atoms with Crippen molar-refractivity contribution in [1.82, 2.24) is 19.6 Å². The zero-order valence-corrected chi connectivity index (χ0v) is 18.3. The van der Waals surface area contributed by atoms with Crippen LogP contribution in [0.25, 0.3) is 10.9 Å². The molecule has 3 heterocycles. The Morgan fingerprint density at radius 3 is 2.58 bits per heavy atom. The molecule has 1 aromatic carbocycles. The van der Waals surface area contributed by atoms with Crippen molar-refractivity contribution in [3.8, 4) is 0 Å². The number of anilines is 1. The third-order valence-electron chi connectivity index (χ3n) is 7.20. The molecule has 2 aliphatic heterocycles. The van der Waals surface area contributed by atoms with E-state index in [0.29, 0.717) is 51.3 Å². The Labute approximate surface area is 180 Å². The van der Waals surface area contributed by atoms with Crippen LogP contribution in [0.2, 0.25) is 0 Å². The zero-order chi connectivity index (χ0) is 21.9. The first-order valence-corrected chi connectivity index (χ1v) is 12.6. The molecule has 1 spiro atoms. The summed E-state index contributed by atoms with van der Waals surface area (Å²) >= 11 is 0. The smallest absolute Gasteiger partial charge is 0.267 e. The van der Waals surface area contributed by atoms with Crippen LogP contribution < -0.4 is 10.6 Å². The standard InChI is InChI=1S/C21H27F2N5O2S/c1-31(29,30)28-7-5-16(6-8-28)26-19-25-11-14-3-2-4-17(18(14)27-19)15-9-20(10-15)12-24-13-21(20,22)23/h2-4,11,15-16,24H,5-10,12-13H2,1H3,(H,25,26,27). The summed E-state index contributed by atoms with van der Waals surface area (Å²) in [6.07, 6.45) is 5.29. The van der Waals surface area contributed by atoms with E-state index in [2.05, 4.69) is 15.6 Å². The first kappa shape index (κ1) is 21.0. The van der Waals surface area contributed by atoms with Crippen LogP contribution in [0.1, 0.15) is 37.2 Å². The molecule has 10 heteroatoms. The van der Waals surface area contributed by atoms with Crippen molar-refractivity contribution in [3.63, 3.8) is 0 Å². The van der Waals surface area contributed by atoms with E-state index < -0.39 is 21.4 Å². The van der Waals surface area contributed by atoms with Gasteiger partial charge in [-0.1, -0.05) is 18.2 Å². The molecule has 2 N–H and O–H groups in total. The van der Waals surface area contributed by atoms with Crippen LogP contribution in [-0.2, 0) is 10.0 Å². The Kier molecular flexibility index (Phi) is 4.95.